The van der Waals surface area contributed by atoms with Gasteiger partial charge in [-0.05, 0) is 37.6 Å². The highest BCUT2D eigenvalue weighted by molar-refractivity contribution is 5.29. The highest BCUT2D eigenvalue weighted by atomic mass is 19.1. The van der Waals surface area contributed by atoms with E-state index in [2.05, 4.69) is 0 Å². The first kappa shape index (κ1) is 11.9. The van der Waals surface area contributed by atoms with Crippen LogP contribution in [0.1, 0.15) is 12.5 Å². The van der Waals surface area contributed by atoms with E-state index in [0.717, 1.165) is 5.56 Å². The SMILES string of the molecule is CCOCOc1ccc(CCN)cc1F. The van der Waals surface area contributed by atoms with E-state index < -0.39 is 0 Å². The molecule has 0 aromatic heterocycles. The molecule has 0 saturated heterocycles. The predicted octanol–water partition coefficient (Wildman–Crippen LogP) is 1.70. The minimum Gasteiger partial charge on any atom is -0.464 e. The fraction of sp³-hybridized carbons (Fsp3) is 0.455. The number of halogens is 1. The Morgan fingerprint density at radius 2 is 2.20 bits per heavy atom. The van der Waals surface area contributed by atoms with Crippen LogP contribution in [0.25, 0.3) is 0 Å². The van der Waals surface area contributed by atoms with Gasteiger partial charge in [0.1, 0.15) is 0 Å². The third kappa shape index (κ3) is 3.85. The maximum Gasteiger partial charge on any atom is 0.189 e. The molecule has 0 heterocycles. The molecular weight excluding hydrogens is 197 g/mol. The molecule has 84 valence electrons. The van der Waals surface area contributed by atoms with Gasteiger partial charge in [0.15, 0.2) is 18.4 Å². The summed E-state index contributed by atoms with van der Waals surface area (Å²) in [6, 6.07) is 4.84. The Kier molecular flexibility index (Phi) is 5.07. The molecule has 0 aliphatic heterocycles. The fourth-order valence-corrected chi connectivity index (χ4v) is 1.17. The molecule has 0 bridgehead atoms. The summed E-state index contributed by atoms with van der Waals surface area (Å²) in [6.07, 6.45) is 0.669. The average molecular weight is 213 g/mol. The lowest BCUT2D eigenvalue weighted by Gasteiger charge is -2.07. The van der Waals surface area contributed by atoms with E-state index in [1.54, 1.807) is 12.1 Å². The van der Waals surface area contributed by atoms with E-state index in [1.165, 1.54) is 6.07 Å². The van der Waals surface area contributed by atoms with Crippen LogP contribution in [0.15, 0.2) is 18.2 Å². The Morgan fingerprint density at radius 3 is 2.80 bits per heavy atom. The van der Waals surface area contributed by atoms with E-state index in [9.17, 15) is 4.39 Å². The molecule has 0 aliphatic rings. The van der Waals surface area contributed by atoms with Crippen molar-refractivity contribution in [1.29, 1.82) is 0 Å². The monoisotopic (exact) mass is 213 g/mol. The third-order valence-electron chi connectivity index (χ3n) is 1.93. The van der Waals surface area contributed by atoms with Gasteiger partial charge >= 0.3 is 0 Å². The highest BCUT2D eigenvalue weighted by Gasteiger charge is 2.04. The van der Waals surface area contributed by atoms with Crippen molar-refractivity contribution in [3.63, 3.8) is 0 Å². The van der Waals surface area contributed by atoms with Crippen molar-refractivity contribution >= 4 is 0 Å². The van der Waals surface area contributed by atoms with Gasteiger partial charge in [-0.25, -0.2) is 4.39 Å². The van der Waals surface area contributed by atoms with Gasteiger partial charge in [0.2, 0.25) is 0 Å². The minimum absolute atomic E-state index is 0.0731. The van der Waals surface area contributed by atoms with Crippen LogP contribution >= 0.6 is 0 Å². The zero-order valence-electron chi connectivity index (χ0n) is 8.83. The fourth-order valence-electron chi connectivity index (χ4n) is 1.17. The summed E-state index contributed by atoms with van der Waals surface area (Å²) in [5, 5.41) is 0. The standard InChI is InChI=1S/C11H16FNO2/c1-2-14-8-15-11-4-3-9(5-6-13)7-10(11)12/h3-4,7H,2,5-6,8,13H2,1H3. The molecule has 1 rings (SSSR count). The van der Waals surface area contributed by atoms with Gasteiger partial charge in [0, 0.05) is 6.61 Å². The Labute approximate surface area is 89.0 Å². The van der Waals surface area contributed by atoms with Gasteiger partial charge in [0.05, 0.1) is 0 Å². The molecule has 0 radical (unpaired) electrons. The van der Waals surface area contributed by atoms with E-state index in [1.807, 2.05) is 6.92 Å². The molecule has 2 N–H and O–H groups in total. The second-order valence-electron chi connectivity index (χ2n) is 3.06. The van der Waals surface area contributed by atoms with Crippen molar-refractivity contribution in [3.8, 4) is 5.75 Å². The topological polar surface area (TPSA) is 44.5 Å². The van der Waals surface area contributed by atoms with Crippen LogP contribution in [-0.2, 0) is 11.2 Å². The summed E-state index contributed by atoms with van der Waals surface area (Å²) in [4.78, 5) is 0. The summed E-state index contributed by atoms with van der Waals surface area (Å²) >= 11 is 0. The third-order valence-corrected chi connectivity index (χ3v) is 1.93. The van der Waals surface area contributed by atoms with Crippen LogP contribution in [0.3, 0.4) is 0 Å². The Balaban J connectivity index is 2.58. The molecule has 0 aliphatic carbocycles. The van der Waals surface area contributed by atoms with E-state index in [4.69, 9.17) is 15.2 Å². The zero-order valence-corrected chi connectivity index (χ0v) is 8.83. The number of ether oxygens (including phenoxy) is 2. The first-order chi connectivity index (χ1) is 7.27. The lowest BCUT2D eigenvalue weighted by atomic mass is 10.1. The molecule has 0 amide bonds. The van der Waals surface area contributed by atoms with Crippen LogP contribution in [0.5, 0.6) is 5.75 Å². The Bertz CT molecular complexity index is 305. The molecule has 1 aromatic rings. The van der Waals surface area contributed by atoms with Crippen molar-refractivity contribution < 1.29 is 13.9 Å². The van der Waals surface area contributed by atoms with Gasteiger partial charge in [-0.2, -0.15) is 0 Å². The summed E-state index contributed by atoms with van der Waals surface area (Å²) in [5.74, 6) is -0.162. The molecule has 3 nitrogen and oxygen atoms in total. The minimum atomic E-state index is -0.374. The van der Waals surface area contributed by atoms with Crippen LogP contribution < -0.4 is 10.5 Å². The normalized spacial score (nSPS) is 10.3. The second-order valence-corrected chi connectivity index (χ2v) is 3.06. The average Bonchev–Trinajstić information content (AvgIpc) is 2.22. The lowest BCUT2D eigenvalue weighted by Crippen LogP contribution is -2.05. The number of hydrogen-bond acceptors (Lipinski definition) is 3. The number of hydrogen-bond donors (Lipinski definition) is 1. The van der Waals surface area contributed by atoms with Gasteiger partial charge in [0.25, 0.3) is 0 Å². The first-order valence-corrected chi connectivity index (χ1v) is 4.97. The highest BCUT2D eigenvalue weighted by Crippen LogP contribution is 2.18. The van der Waals surface area contributed by atoms with Gasteiger partial charge < -0.3 is 15.2 Å². The molecule has 4 heteroatoms. The van der Waals surface area contributed by atoms with E-state index in [-0.39, 0.29) is 18.4 Å². The Hall–Kier alpha value is -1.13. The van der Waals surface area contributed by atoms with Crippen LogP contribution in [0, 0.1) is 5.82 Å². The van der Waals surface area contributed by atoms with Crippen molar-refractivity contribution in [1.82, 2.24) is 0 Å². The molecule has 15 heavy (non-hydrogen) atoms. The maximum absolute atomic E-state index is 13.4. The van der Waals surface area contributed by atoms with Gasteiger partial charge in [-0.15, -0.1) is 0 Å². The van der Waals surface area contributed by atoms with E-state index in [0.29, 0.717) is 19.6 Å². The van der Waals surface area contributed by atoms with E-state index >= 15 is 0 Å². The first-order valence-electron chi connectivity index (χ1n) is 4.97. The molecule has 0 saturated carbocycles. The molecule has 1 aromatic carbocycles. The molecule has 0 fully saturated rings. The molecular formula is C11H16FNO2. The van der Waals surface area contributed by atoms with Gasteiger partial charge in [-0.3, -0.25) is 0 Å². The Morgan fingerprint density at radius 1 is 1.40 bits per heavy atom. The summed E-state index contributed by atoms with van der Waals surface area (Å²) in [7, 11) is 0. The number of benzene rings is 1. The van der Waals surface area contributed by atoms with Crippen molar-refractivity contribution in [3.05, 3.63) is 29.6 Å². The quantitative estimate of drug-likeness (QED) is 0.578. The molecule has 0 atom stereocenters. The largest absolute Gasteiger partial charge is 0.464 e. The smallest absolute Gasteiger partial charge is 0.189 e. The number of rotatable bonds is 6. The van der Waals surface area contributed by atoms with Crippen LogP contribution in [0.4, 0.5) is 4.39 Å². The van der Waals surface area contributed by atoms with Gasteiger partial charge in [-0.1, -0.05) is 6.07 Å². The molecule has 0 unspecified atom stereocenters. The number of nitrogens with two attached hydrogens (primary N) is 1. The summed E-state index contributed by atoms with van der Waals surface area (Å²) in [6.45, 7) is 2.99. The summed E-state index contributed by atoms with van der Waals surface area (Å²) in [5.41, 5.74) is 6.25. The second kappa shape index (κ2) is 6.37. The maximum atomic E-state index is 13.4. The van der Waals surface area contributed by atoms with Crippen LogP contribution in [-0.4, -0.2) is 19.9 Å². The van der Waals surface area contributed by atoms with Crippen molar-refractivity contribution in [2.24, 2.45) is 5.73 Å². The predicted molar refractivity (Wildman–Crippen MR) is 56.3 cm³/mol. The zero-order chi connectivity index (χ0) is 11.1. The lowest BCUT2D eigenvalue weighted by molar-refractivity contribution is 0.0201. The summed E-state index contributed by atoms with van der Waals surface area (Å²) < 4.78 is 23.4. The van der Waals surface area contributed by atoms with Crippen molar-refractivity contribution in [2.45, 2.75) is 13.3 Å². The van der Waals surface area contributed by atoms with Crippen LogP contribution in [0.2, 0.25) is 0 Å². The molecule has 0 spiro atoms. The van der Waals surface area contributed by atoms with Crippen molar-refractivity contribution in [2.75, 3.05) is 19.9 Å².